The topological polar surface area (TPSA) is 115 Å². The summed E-state index contributed by atoms with van der Waals surface area (Å²) in [7, 11) is -0.226. The number of amides is 1. The maximum atomic E-state index is 13.1. The molecule has 4 aromatic rings. The number of H-pyrrole nitrogens is 1. The Morgan fingerprint density at radius 3 is 2.18 bits per heavy atom. The molecule has 1 amide bonds. The highest BCUT2D eigenvalue weighted by molar-refractivity contribution is 7.89. The second-order valence-corrected chi connectivity index (χ2v) is 11.1. The van der Waals surface area contributed by atoms with Crippen LogP contribution < -0.4 is 4.72 Å². The van der Waals surface area contributed by atoms with E-state index in [0.717, 1.165) is 11.1 Å². The number of aromatic hydroxyl groups is 1. The zero-order valence-corrected chi connectivity index (χ0v) is 22.1. The van der Waals surface area contributed by atoms with E-state index in [9.17, 15) is 18.3 Å². The van der Waals surface area contributed by atoms with Gasteiger partial charge >= 0.3 is 0 Å². The molecular formula is C29H28N4O4S. The number of nitrogens with zero attached hydrogens (tertiary/aromatic N) is 2. The standard InChI is InChI=1S/C29H28N4O4S/c1-4-23(33(2)3)32-38(36,37)22-12-8-11-21(17-22)27-25-24(28(34)31-27)26(30-29(25)35)20-15-13-19(14-16-20)18-9-6-5-7-10-18/h5-17,23,31-32,34H,4H2,1-3H3. The largest absolute Gasteiger partial charge is 0.494 e. The van der Waals surface area contributed by atoms with Crippen LogP contribution in [0.4, 0.5) is 0 Å². The van der Waals surface area contributed by atoms with Crippen LogP contribution in [0.25, 0.3) is 22.4 Å². The predicted molar refractivity (Wildman–Crippen MR) is 148 cm³/mol. The summed E-state index contributed by atoms with van der Waals surface area (Å²) in [6.45, 7) is 1.90. The summed E-state index contributed by atoms with van der Waals surface area (Å²) in [5.74, 6) is -0.699. The number of nitrogens with one attached hydrogen (secondary N) is 2. The average molecular weight is 529 g/mol. The number of fused-ring (bicyclic) bond motifs is 1. The van der Waals surface area contributed by atoms with Crippen molar-refractivity contribution in [3.63, 3.8) is 0 Å². The summed E-state index contributed by atoms with van der Waals surface area (Å²) in [6.07, 6.45) is 0.221. The number of aromatic nitrogens is 1. The SMILES string of the molecule is CCC(NS(=O)(=O)c1cccc(-c2[nH]c(O)c3c2C(=O)N=C3c2ccc(-c3ccccc3)cc2)c1)N(C)C. The molecule has 1 aliphatic rings. The van der Waals surface area contributed by atoms with Crippen LogP contribution >= 0.6 is 0 Å². The number of hydrogen-bond donors (Lipinski definition) is 3. The number of sulfonamides is 1. The number of aromatic amines is 1. The van der Waals surface area contributed by atoms with E-state index in [2.05, 4.69) is 14.7 Å². The third kappa shape index (κ3) is 4.67. The first kappa shape index (κ1) is 25.6. The van der Waals surface area contributed by atoms with Gasteiger partial charge in [0.1, 0.15) is 0 Å². The molecule has 0 spiro atoms. The number of benzene rings is 3. The Morgan fingerprint density at radius 1 is 0.895 bits per heavy atom. The van der Waals surface area contributed by atoms with Gasteiger partial charge in [0.15, 0.2) is 5.88 Å². The van der Waals surface area contributed by atoms with Crippen molar-refractivity contribution in [3.8, 4) is 28.3 Å². The maximum Gasteiger partial charge on any atom is 0.280 e. The van der Waals surface area contributed by atoms with Crippen LogP contribution in [0.3, 0.4) is 0 Å². The molecule has 0 radical (unpaired) electrons. The molecule has 3 N–H and O–H groups in total. The van der Waals surface area contributed by atoms with Crippen molar-refractivity contribution in [1.82, 2.24) is 14.6 Å². The second kappa shape index (κ2) is 10.0. The van der Waals surface area contributed by atoms with Crippen LogP contribution in [0.15, 0.2) is 88.8 Å². The lowest BCUT2D eigenvalue weighted by molar-refractivity contribution is 0.101. The van der Waals surface area contributed by atoms with Crippen LogP contribution in [-0.4, -0.2) is 55.3 Å². The number of hydrogen-bond acceptors (Lipinski definition) is 5. The van der Waals surface area contributed by atoms with E-state index in [-0.39, 0.29) is 22.5 Å². The predicted octanol–water partition coefficient (Wildman–Crippen LogP) is 4.62. The van der Waals surface area contributed by atoms with Crippen LogP contribution in [-0.2, 0) is 10.0 Å². The van der Waals surface area contributed by atoms with Crippen molar-refractivity contribution in [3.05, 3.63) is 95.6 Å². The molecule has 1 unspecified atom stereocenters. The maximum absolute atomic E-state index is 13.1. The number of aliphatic imine (C=N–C) groups is 1. The highest BCUT2D eigenvalue weighted by Gasteiger charge is 2.34. The van der Waals surface area contributed by atoms with Crippen molar-refractivity contribution in [2.45, 2.75) is 24.4 Å². The van der Waals surface area contributed by atoms with Gasteiger partial charge in [0, 0.05) is 11.1 Å². The Kier molecular flexibility index (Phi) is 6.75. The molecule has 0 fully saturated rings. The molecular weight excluding hydrogens is 500 g/mol. The van der Waals surface area contributed by atoms with Gasteiger partial charge in [0.05, 0.1) is 33.6 Å². The van der Waals surface area contributed by atoms with Crippen LogP contribution in [0.5, 0.6) is 5.88 Å². The van der Waals surface area contributed by atoms with Crippen LogP contribution in [0.2, 0.25) is 0 Å². The fraction of sp³-hybridized carbons (Fsp3) is 0.172. The molecule has 1 atom stereocenters. The first-order valence-electron chi connectivity index (χ1n) is 12.2. The first-order valence-corrected chi connectivity index (χ1v) is 13.7. The molecule has 1 aromatic heterocycles. The highest BCUT2D eigenvalue weighted by atomic mass is 32.2. The smallest absolute Gasteiger partial charge is 0.280 e. The van der Waals surface area contributed by atoms with Gasteiger partial charge < -0.3 is 10.1 Å². The zero-order chi connectivity index (χ0) is 27.0. The molecule has 3 aromatic carbocycles. The van der Waals surface area contributed by atoms with E-state index < -0.39 is 15.9 Å². The van der Waals surface area contributed by atoms with E-state index >= 15 is 0 Å². The van der Waals surface area contributed by atoms with Crippen molar-refractivity contribution in [2.75, 3.05) is 14.1 Å². The number of carbonyl (C=O) groups is 1. The van der Waals surface area contributed by atoms with E-state index in [1.165, 1.54) is 12.1 Å². The average Bonchev–Trinajstić information content (AvgIpc) is 3.45. The Labute approximate surface area is 221 Å². The van der Waals surface area contributed by atoms with E-state index in [4.69, 9.17) is 0 Å². The summed E-state index contributed by atoms with van der Waals surface area (Å²) in [6, 6.07) is 23.8. The lowest BCUT2D eigenvalue weighted by Crippen LogP contribution is -2.44. The van der Waals surface area contributed by atoms with Gasteiger partial charge in [-0.05, 0) is 43.8 Å². The summed E-state index contributed by atoms with van der Waals surface area (Å²) in [5.41, 5.74) is 4.43. The molecule has 0 saturated heterocycles. The van der Waals surface area contributed by atoms with Crippen molar-refractivity contribution < 1.29 is 18.3 Å². The van der Waals surface area contributed by atoms with Gasteiger partial charge in [-0.15, -0.1) is 0 Å². The van der Waals surface area contributed by atoms with Gasteiger partial charge in [0.2, 0.25) is 10.0 Å². The number of carbonyl (C=O) groups excluding carboxylic acids is 1. The fourth-order valence-corrected chi connectivity index (χ4v) is 6.05. The lowest BCUT2D eigenvalue weighted by Gasteiger charge is -2.23. The zero-order valence-electron chi connectivity index (χ0n) is 21.3. The molecule has 9 heteroatoms. The van der Waals surface area contributed by atoms with E-state index in [1.807, 2.05) is 61.5 Å². The second-order valence-electron chi connectivity index (χ2n) is 9.34. The minimum Gasteiger partial charge on any atom is -0.494 e. The Hall–Kier alpha value is -4.05. The fourth-order valence-electron chi connectivity index (χ4n) is 4.64. The Bertz CT molecular complexity index is 1640. The summed E-state index contributed by atoms with van der Waals surface area (Å²) < 4.78 is 28.8. The van der Waals surface area contributed by atoms with Crippen LogP contribution in [0, 0.1) is 0 Å². The van der Waals surface area contributed by atoms with E-state index in [1.54, 1.807) is 31.1 Å². The molecule has 2 heterocycles. The third-order valence-electron chi connectivity index (χ3n) is 6.64. The minimum absolute atomic E-state index is 0.0567. The lowest BCUT2D eigenvalue weighted by atomic mass is 9.98. The quantitative estimate of drug-likeness (QED) is 0.289. The molecule has 0 aliphatic carbocycles. The molecule has 0 bridgehead atoms. The van der Waals surface area contributed by atoms with Gasteiger partial charge in [0.25, 0.3) is 5.91 Å². The van der Waals surface area contributed by atoms with Crippen molar-refractivity contribution in [2.24, 2.45) is 4.99 Å². The normalized spacial score (nSPS) is 14.0. The summed E-state index contributed by atoms with van der Waals surface area (Å²) >= 11 is 0. The Morgan fingerprint density at radius 2 is 1.53 bits per heavy atom. The van der Waals surface area contributed by atoms with Gasteiger partial charge in [-0.2, -0.15) is 4.72 Å². The first-order chi connectivity index (χ1) is 18.2. The molecule has 194 valence electrons. The molecule has 1 aliphatic heterocycles. The summed E-state index contributed by atoms with van der Waals surface area (Å²) in [5, 5.41) is 10.8. The molecule has 8 nitrogen and oxygen atoms in total. The van der Waals surface area contributed by atoms with Gasteiger partial charge in [-0.1, -0.05) is 73.7 Å². The molecule has 38 heavy (non-hydrogen) atoms. The highest BCUT2D eigenvalue weighted by Crippen LogP contribution is 2.38. The molecule has 0 saturated carbocycles. The van der Waals surface area contributed by atoms with Crippen molar-refractivity contribution in [1.29, 1.82) is 0 Å². The number of rotatable bonds is 8. The van der Waals surface area contributed by atoms with E-state index in [0.29, 0.717) is 34.5 Å². The third-order valence-corrected chi connectivity index (χ3v) is 8.10. The monoisotopic (exact) mass is 528 g/mol. The minimum atomic E-state index is -3.83. The van der Waals surface area contributed by atoms with Gasteiger partial charge in [-0.3, -0.25) is 9.69 Å². The Balaban J connectivity index is 1.49. The summed E-state index contributed by atoms with van der Waals surface area (Å²) in [4.78, 5) is 22.0. The van der Waals surface area contributed by atoms with Crippen LogP contribution in [0.1, 0.15) is 34.8 Å². The van der Waals surface area contributed by atoms with Gasteiger partial charge in [-0.25, -0.2) is 13.4 Å². The van der Waals surface area contributed by atoms with Crippen molar-refractivity contribution >= 4 is 21.6 Å². The molecule has 5 rings (SSSR count).